The molecule has 0 aliphatic carbocycles. The van der Waals surface area contributed by atoms with E-state index < -0.39 is 0 Å². The van der Waals surface area contributed by atoms with Crippen molar-refractivity contribution in [2.75, 3.05) is 31.5 Å². The molecule has 1 aromatic carbocycles. The highest BCUT2D eigenvalue weighted by Crippen LogP contribution is 2.18. The number of hydrogen-bond acceptors (Lipinski definition) is 5. The average molecular weight is 353 g/mol. The molecule has 7 heteroatoms. The van der Waals surface area contributed by atoms with E-state index in [2.05, 4.69) is 21.4 Å². The predicted octanol–water partition coefficient (Wildman–Crippen LogP) is 2.06. The molecule has 7 nitrogen and oxygen atoms in total. The van der Waals surface area contributed by atoms with Crippen LogP contribution in [0.2, 0.25) is 0 Å². The Labute approximate surface area is 153 Å². The number of benzene rings is 1. The van der Waals surface area contributed by atoms with Gasteiger partial charge in [-0.2, -0.15) is 0 Å². The highest BCUT2D eigenvalue weighted by molar-refractivity contribution is 5.93. The molecule has 0 atom stereocenters. The van der Waals surface area contributed by atoms with Crippen molar-refractivity contribution in [2.24, 2.45) is 0 Å². The standard InChI is InChI=1S/C19H23N5O2/c1-13-8-14(2)10-16(9-13)21-19-20-15(3)11-17(22-19)18(26)24-6-4-23(12-25)5-7-24/h8-12H,4-7H2,1-3H3,(H,20,21,22). The number of aromatic nitrogens is 2. The monoisotopic (exact) mass is 353 g/mol. The number of amides is 2. The minimum atomic E-state index is -0.135. The van der Waals surface area contributed by atoms with Gasteiger partial charge in [0.1, 0.15) is 5.69 Å². The summed E-state index contributed by atoms with van der Waals surface area (Å²) >= 11 is 0. The summed E-state index contributed by atoms with van der Waals surface area (Å²) in [5.74, 6) is 0.273. The minimum absolute atomic E-state index is 0.135. The van der Waals surface area contributed by atoms with Crippen molar-refractivity contribution >= 4 is 24.0 Å². The number of piperazine rings is 1. The fourth-order valence-corrected chi connectivity index (χ4v) is 3.10. The molecule has 0 saturated carbocycles. The molecule has 2 heterocycles. The summed E-state index contributed by atoms with van der Waals surface area (Å²) in [6.07, 6.45) is 0.822. The lowest BCUT2D eigenvalue weighted by Crippen LogP contribution is -2.48. The van der Waals surface area contributed by atoms with Gasteiger partial charge in [-0.05, 0) is 50.1 Å². The number of aryl methyl sites for hydroxylation is 3. The molecule has 1 N–H and O–H groups in total. The Balaban J connectivity index is 1.79. The van der Waals surface area contributed by atoms with Crippen LogP contribution in [0, 0.1) is 20.8 Å². The Morgan fingerprint density at radius 2 is 1.65 bits per heavy atom. The molecule has 0 spiro atoms. The topological polar surface area (TPSA) is 78.4 Å². The lowest BCUT2D eigenvalue weighted by atomic mass is 10.1. The molecule has 3 rings (SSSR count). The van der Waals surface area contributed by atoms with Crippen LogP contribution < -0.4 is 5.32 Å². The summed E-state index contributed by atoms with van der Waals surface area (Å²) in [6.45, 7) is 8.03. The quantitative estimate of drug-likeness (QED) is 0.851. The van der Waals surface area contributed by atoms with Gasteiger partial charge in [0.05, 0.1) is 0 Å². The smallest absolute Gasteiger partial charge is 0.272 e. The number of nitrogens with zero attached hydrogens (tertiary/aromatic N) is 4. The van der Waals surface area contributed by atoms with Gasteiger partial charge < -0.3 is 15.1 Å². The van der Waals surface area contributed by atoms with Crippen LogP contribution >= 0.6 is 0 Å². The van der Waals surface area contributed by atoms with Gasteiger partial charge in [-0.25, -0.2) is 9.97 Å². The third-order valence-electron chi connectivity index (χ3n) is 4.30. The van der Waals surface area contributed by atoms with Crippen molar-refractivity contribution in [3.63, 3.8) is 0 Å². The second kappa shape index (κ2) is 7.51. The number of anilines is 2. The molecule has 1 fully saturated rings. The second-order valence-electron chi connectivity index (χ2n) is 6.65. The maximum absolute atomic E-state index is 12.8. The molecule has 1 saturated heterocycles. The first kappa shape index (κ1) is 17.8. The minimum Gasteiger partial charge on any atom is -0.342 e. The molecule has 0 unspecified atom stereocenters. The number of carbonyl (C=O) groups excluding carboxylic acids is 2. The predicted molar refractivity (Wildman–Crippen MR) is 99.5 cm³/mol. The molecule has 1 aromatic heterocycles. The van der Waals surface area contributed by atoms with Crippen molar-refractivity contribution in [1.82, 2.24) is 19.8 Å². The zero-order valence-corrected chi connectivity index (χ0v) is 15.3. The second-order valence-corrected chi connectivity index (χ2v) is 6.65. The fourth-order valence-electron chi connectivity index (χ4n) is 3.10. The summed E-state index contributed by atoms with van der Waals surface area (Å²) in [5, 5.41) is 3.19. The molecule has 0 bridgehead atoms. The Bertz CT molecular complexity index is 808. The van der Waals surface area contributed by atoms with E-state index >= 15 is 0 Å². The van der Waals surface area contributed by atoms with Crippen LogP contribution in [-0.2, 0) is 4.79 Å². The zero-order valence-electron chi connectivity index (χ0n) is 15.3. The van der Waals surface area contributed by atoms with Crippen molar-refractivity contribution in [3.8, 4) is 0 Å². The fraction of sp³-hybridized carbons (Fsp3) is 0.368. The van der Waals surface area contributed by atoms with Gasteiger partial charge in [0.2, 0.25) is 12.4 Å². The zero-order chi connectivity index (χ0) is 18.7. The van der Waals surface area contributed by atoms with E-state index in [9.17, 15) is 9.59 Å². The Morgan fingerprint density at radius 1 is 1.00 bits per heavy atom. The van der Waals surface area contributed by atoms with Crippen LogP contribution in [0.15, 0.2) is 24.3 Å². The van der Waals surface area contributed by atoms with E-state index in [0.717, 1.165) is 28.9 Å². The van der Waals surface area contributed by atoms with Gasteiger partial charge in [-0.1, -0.05) is 6.07 Å². The van der Waals surface area contributed by atoms with E-state index in [4.69, 9.17) is 0 Å². The third kappa shape index (κ3) is 4.17. The Hall–Kier alpha value is -2.96. The molecule has 1 aliphatic heterocycles. The highest BCUT2D eigenvalue weighted by atomic mass is 16.2. The molecular weight excluding hydrogens is 330 g/mol. The van der Waals surface area contributed by atoms with Crippen molar-refractivity contribution in [3.05, 3.63) is 46.8 Å². The SMILES string of the molecule is Cc1cc(C)cc(Nc2nc(C)cc(C(=O)N3CCN(C=O)CC3)n2)c1. The molecule has 0 radical (unpaired) electrons. The van der Waals surface area contributed by atoms with Gasteiger partial charge in [0.25, 0.3) is 5.91 Å². The first-order valence-electron chi connectivity index (χ1n) is 8.64. The largest absolute Gasteiger partial charge is 0.342 e. The molecule has 136 valence electrons. The summed E-state index contributed by atoms with van der Waals surface area (Å²) in [7, 11) is 0. The van der Waals surface area contributed by atoms with Crippen LogP contribution in [-0.4, -0.2) is 58.3 Å². The molecule has 2 amide bonds. The van der Waals surface area contributed by atoms with Crippen LogP contribution in [0.25, 0.3) is 0 Å². The summed E-state index contributed by atoms with van der Waals surface area (Å²) in [6, 6.07) is 7.81. The summed E-state index contributed by atoms with van der Waals surface area (Å²) in [4.78, 5) is 35.8. The molecule has 26 heavy (non-hydrogen) atoms. The lowest BCUT2D eigenvalue weighted by Gasteiger charge is -2.32. The van der Waals surface area contributed by atoms with E-state index in [-0.39, 0.29) is 5.91 Å². The van der Waals surface area contributed by atoms with Gasteiger partial charge in [0, 0.05) is 37.6 Å². The first-order chi connectivity index (χ1) is 12.4. The van der Waals surface area contributed by atoms with Gasteiger partial charge in [-0.15, -0.1) is 0 Å². The molecule has 2 aromatic rings. The summed E-state index contributed by atoms with van der Waals surface area (Å²) in [5.41, 5.74) is 4.27. The van der Waals surface area contributed by atoms with Crippen LogP contribution in [0.3, 0.4) is 0 Å². The lowest BCUT2D eigenvalue weighted by molar-refractivity contribution is -0.119. The Morgan fingerprint density at radius 3 is 2.27 bits per heavy atom. The van der Waals surface area contributed by atoms with Crippen LogP contribution in [0.4, 0.5) is 11.6 Å². The van der Waals surface area contributed by atoms with E-state index in [1.807, 2.05) is 32.9 Å². The van der Waals surface area contributed by atoms with E-state index in [1.54, 1.807) is 15.9 Å². The highest BCUT2D eigenvalue weighted by Gasteiger charge is 2.23. The van der Waals surface area contributed by atoms with Crippen molar-refractivity contribution < 1.29 is 9.59 Å². The number of rotatable bonds is 4. The van der Waals surface area contributed by atoms with Gasteiger partial charge in [-0.3, -0.25) is 9.59 Å². The van der Waals surface area contributed by atoms with Crippen molar-refractivity contribution in [2.45, 2.75) is 20.8 Å². The van der Waals surface area contributed by atoms with Gasteiger partial charge >= 0.3 is 0 Å². The maximum Gasteiger partial charge on any atom is 0.272 e. The van der Waals surface area contributed by atoms with E-state index in [0.29, 0.717) is 37.8 Å². The molecule has 1 aliphatic rings. The first-order valence-corrected chi connectivity index (χ1v) is 8.64. The molecular formula is C19H23N5O2. The number of carbonyl (C=O) groups is 2. The van der Waals surface area contributed by atoms with Gasteiger partial charge in [0.15, 0.2) is 0 Å². The van der Waals surface area contributed by atoms with E-state index in [1.165, 1.54) is 0 Å². The van der Waals surface area contributed by atoms with Crippen molar-refractivity contribution in [1.29, 1.82) is 0 Å². The van der Waals surface area contributed by atoms with Crippen LogP contribution in [0.1, 0.15) is 27.3 Å². The maximum atomic E-state index is 12.8. The third-order valence-corrected chi connectivity index (χ3v) is 4.30. The summed E-state index contributed by atoms with van der Waals surface area (Å²) < 4.78 is 0. The van der Waals surface area contributed by atoms with Crippen LogP contribution in [0.5, 0.6) is 0 Å². The number of nitrogens with one attached hydrogen (secondary N) is 1. The average Bonchev–Trinajstić information content (AvgIpc) is 2.60. The Kier molecular flexibility index (Phi) is 5.16. The normalized spacial score (nSPS) is 14.3. The number of hydrogen-bond donors (Lipinski definition) is 1.